The molecule has 0 fully saturated rings. The summed E-state index contributed by atoms with van der Waals surface area (Å²) in [5.41, 5.74) is 0. The highest BCUT2D eigenvalue weighted by atomic mass is 32.1. The van der Waals surface area contributed by atoms with Crippen LogP contribution in [0.2, 0.25) is 0 Å². The molecule has 0 aromatic heterocycles. The third-order valence-corrected chi connectivity index (χ3v) is 0.828. The highest BCUT2D eigenvalue weighted by Gasteiger charge is 1.82. The zero-order chi connectivity index (χ0) is 4.28. The Bertz CT molecular complexity index is 17.6. The summed E-state index contributed by atoms with van der Waals surface area (Å²) in [4.78, 5) is 0. The van der Waals surface area contributed by atoms with E-state index in [9.17, 15) is 0 Å². The largest absolute Gasteiger partial charge is 0.171 e. The summed E-state index contributed by atoms with van der Waals surface area (Å²) >= 11 is 4.01. The topological polar surface area (TPSA) is 0 Å². The highest BCUT2D eigenvalue weighted by Crippen LogP contribution is 2.05. The van der Waals surface area contributed by atoms with E-state index < -0.39 is 0 Å². The highest BCUT2D eigenvalue weighted by molar-refractivity contribution is 7.83. The lowest BCUT2D eigenvalue weighted by Gasteiger charge is -1.88. The van der Waals surface area contributed by atoms with Crippen molar-refractivity contribution in [3.8, 4) is 0 Å². The molecule has 31 valence electrons. The molecule has 1 heteroatoms. The SMILES string of the molecule is CC[C](C)S. The zero-order valence-corrected chi connectivity index (χ0v) is 4.55. The van der Waals surface area contributed by atoms with Crippen molar-refractivity contribution in [2.24, 2.45) is 0 Å². The van der Waals surface area contributed by atoms with E-state index in [2.05, 4.69) is 19.6 Å². The molecule has 0 bridgehead atoms. The molecule has 0 saturated heterocycles. The van der Waals surface area contributed by atoms with Crippen LogP contribution in [-0.4, -0.2) is 0 Å². The van der Waals surface area contributed by atoms with Crippen LogP contribution in [0.1, 0.15) is 20.3 Å². The second-order valence-corrected chi connectivity index (χ2v) is 1.85. The van der Waals surface area contributed by atoms with Gasteiger partial charge in [-0.3, -0.25) is 0 Å². The molecule has 0 amide bonds. The normalized spacial score (nSPS) is 9.60. The molecule has 5 heavy (non-hydrogen) atoms. The van der Waals surface area contributed by atoms with Crippen LogP contribution < -0.4 is 0 Å². The summed E-state index contributed by atoms with van der Waals surface area (Å²) < 4.78 is 0. The maximum Gasteiger partial charge on any atom is 0.0240 e. The van der Waals surface area contributed by atoms with Gasteiger partial charge < -0.3 is 0 Å². The maximum atomic E-state index is 4.01. The Morgan fingerprint density at radius 2 is 2.00 bits per heavy atom. The Labute approximate surface area is 39.0 Å². The summed E-state index contributed by atoms with van der Waals surface area (Å²) in [6.45, 7) is 4.09. The molecular weight excluding hydrogens is 80.1 g/mol. The van der Waals surface area contributed by atoms with Gasteiger partial charge in [-0.15, -0.1) is 0 Å². The predicted octanol–water partition coefficient (Wildman–Crippen LogP) is 1.88. The predicted molar refractivity (Wildman–Crippen MR) is 28.2 cm³/mol. The molecule has 0 aromatic rings. The number of hydrogen-bond donors (Lipinski definition) is 1. The molecule has 0 heterocycles. The quantitative estimate of drug-likeness (QED) is 0.466. The third kappa shape index (κ3) is 4.35. The number of hydrogen-bond acceptors (Lipinski definition) is 1. The van der Waals surface area contributed by atoms with E-state index in [0.717, 1.165) is 6.42 Å². The van der Waals surface area contributed by atoms with Gasteiger partial charge in [0.25, 0.3) is 0 Å². The summed E-state index contributed by atoms with van der Waals surface area (Å²) in [6, 6.07) is 0. The maximum absolute atomic E-state index is 4.01. The van der Waals surface area contributed by atoms with Crippen LogP contribution in [0, 0.1) is 5.25 Å². The lowest BCUT2D eigenvalue weighted by Crippen LogP contribution is -1.68. The minimum absolute atomic E-state index is 1.09. The molecule has 0 aliphatic rings. The van der Waals surface area contributed by atoms with Crippen LogP contribution >= 0.6 is 12.6 Å². The van der Waals surface area contributed by atoms with E-state index in [1.54, 1.807) is 0 Å². The fraction of sp³-hybridized carbons (Fsp3) is 0.750. The Morgan fingerprint density at radius 3 is 2.00 bits per heavy atom. The fourth-order valence-corrected chi connectivity index (χ4v) is 0. The zero-order valence-electron chi connectivity index (χ0n) is 3.65. The van der Waals surface area contributed by atoms with E-state index in [-0.39, 0.29) is 0 Å². The van der Waals surface area contributed by atoms with Crippen LogP contribution in [0.15, 0.2) is 0 Å². The van der Waals surface area contributed by atoms with Crippen molar-refractivity contribution in [1.29, 1.82) is 0 Å². The first-order chi connectivity index (χ1) is 2.27. The van der Waals surface area contributed by atoms with E-state index in [0.29, 0.717) is 0 Å². The molecule has 0 aliphatic carbocycles. The molecule has 0 unspecified atom stereocenters. The van der Waals surface area contributed by atoms with Gasteiger partial charge in [0, 0.05) is 5.25 Å². The van der Waals surface area contributed by atoms with Gasteiger partial charge >= 0.3 is 0 Å². The summed E-state index contributed by atoms with van der Waals surface area (Å²) in [5.74, 6) is 0. The van der Waals surface area contributed by atoms with Crippen LogP contribution in [0.3, 0.4) is 0 Å². The van der Waals surface area contributed by atoms with Crippen molar-refractivity contribution in [3.63, 3.8) is 0 Å². The molecule has 0 spiro atoms. The van der Waals surface area contributed by atoms with Crippen molar-refractivity contribution in [3.05, 3.63) is 5.25 Å². The molecule has 0 N–H and O–H groups in total. The Balaban J connectivity index is 2.54. The molecule has 0 saturated carbocycles. The van der Waals surface area contributed by atoms with E-state index in [4.69, 9.17) is 0 Å². The van der Waals surface area contributed by atoms with Crippen LogP contribution in [0.5, 0.6) is 0 Å². The second-order valence-electron chi connectivity index (χ2n) is 1.09. The second kappa shape index (κ2) is 2.58. The van der Waals surface area contributed by atoms with Crippen molar-refractivity contribution < 1.29 is 0 Å². The van der Waals surface area contributed by atoms with Gasteiger partial charge in [0.1, 0.15) is 0 Å². The minimum atomic E-state index is 1.09. The Hall–Kier alpha value is 0.350. The standard InChI is InChI=1S/C4H9S/c1-3-4(2)5/h5H,3H2,1-2H3. The lowest BCUT2D eigenvalue weighted by atomic mass is 10.4. The van der Waals surface area contributed by atoms with Crippen LogP contribution in [0.25, 0.3) is 0 Å². The fourth-order valence-electron chi connectivity index (χ4n) is 0. The van der Waals surface area contributed by atoms with Gasteiger partial charge in [0.05, 0.1) is 0 Å². The molecule has 0 rings (SSSR count). The van der Waals surface area contributed by atoms with Gasteiger partial charge in [0.2, 0.25) is 0 Å². The molecular formula is C4H9S. The van der Waals surface area contributed by atoms with Gasteiger partial charge in [-0.25, -0.2) is 0 Å². The number of rotatable bonds is 1. The lowest BCUT2D eigenvalue weighted by molar-refractivity contribution is 1.06. The van der Waals surface area contributed by atoms with Crippen molar-refractivity contribution in [2.75, 3.05) is 0 Å². The summed E-state index contributed by atoms with van der Waals surface area (Å²) in [6.07, 6.45) is 1.09. The Morgan fingerprint density at radius 1 is 1.80 bits per heavy atom. The van der Waals surface area contributed by atoms with Crippen LogP contribution in [0.4, 0.5) is 0 Å². The molecule has 1 radical (unpaired) electrons. The summed E-state index contributed by atoms with van der Waals surface area (Å²) in [5, 5.41) is 1.20. The summed E-state index contributed by atoms with van der Waals surface area (Å²) in [7, 11) is 0. The van der Waals surface area contributed by atoms with Crippen molar-refractivity contribution in [1.82, 2.24) is 0 Å². The smallest absolute Gasteiger partial charge is 0.0240 e. The van der Waals surface area contributed by atoms with Gasteiger partial charge in [-0.05, 0) is 13.3 Å². The van der Waals surface area contributed by atoms with Gasteiger partial charge in [0.15, 0.2) is 0 Å². The van der Waals surface area contributed by atoms with Gasteiger partial charge in [-0.1, -0.05) is 6.92 Å². The first-order valence-corrected chi connectivity index (χ1v) is 2.23. The van der Waals surface area contributed by atoms with Crippen LogP contribution in [-0.2, 0) is 0 Å². The molecule has 0 aliphatic heterocycles. The first-order valence-electron chi connectivity index (χ1n) is 1.78. The average Bonchev–Trinajstić information content (AvgIpc) is 1.38. The third-order valence-electron chi connectivity index (χ3n) is 0.512. The molecule has 0 aromatic carbocycles. The van der Waals surface area contributed by atoms with E-state index in [1.807, 2.05) is 6.92 Å². The Kier molecular flexibility index (Phi) is 2.76. The average molecular weight is 89.2 g/mol. The molecule has 0 atom stereocenters. The first kappa shape index (κ1) is 5.35. The van der Waals surface area contributed by atoms with E-state index in [1.165, 1.54) is 5.25 Å². The van der Waals surface area contributed by atoms with Crippen molar-refractivity contribution in [2.45, 2.75) is 20.3 Å². The monoisotopic (exact) mass is 89.0 g/mol. The molecule has 0 nitrogen and oxygen atoms in total. The minimum Gasteiger partial charge on any atom is -0.171 e. The van der Waals surface area contributed by atoms with E-state index >= 15 is 0 Å². The number of thiol groups is 1. The van der Waals surface area contributed by atoms with Crippen molar-refractivity contribution >= 4 is 12.6 Å². The van der Waals surface area contributed by atoms with Gasteiger partial charge in [-0.2, -0.15) is 12.6 Å².